The molecule has 1 aliphatic heterocycles. The number of halogens is 1. The van der Waals surface area contributed by atoms with E-state index in [1.807, 2.05) is 18.2 Å². The Morgan fingerprint density at radius 1 is 1.04 bits per heavy atom. The van der Waals surface area contributed by atoms with Crippen molar-refractivity contribution < 1.29 is 9.59 Å². The molecule has 4 nitrogen and oxygen atoms in total. The molecule has 4 aliphatic carbocycles. The van der Waals surface area contributed by atoms with Gasteiger partial charge in [-0.25, -0.2) is 0 Å². The molecule has 6 atom stereocenters. The number of carbonyl (C=O) groups is 2. The van der Waals surface area contributed by atoms with E-state index in [2.05, 4.69) is 17.5 Å². The molecular weight excluding hydrogens is 312 g/mol. The van der Waals surface area contributed by atoms with E-state index in [9.17, 15) is 9.59 Å². The summed E-state index contributed by atoms with van der Waals surface area (Å²) in [4.78, 5) is 27.0. The Morgan fingerprint density at radius 3 is 2.26 bits per heavy atom. The van der Waals surface area contributed by atoms with Crippen LogP contribution in [0.3, 0.4) is 0 Å². The van der Waals surface area contributed by atoms with Gasteiger partial charge in [0.25, 0.3) is 0 Å². The summed E-state index contributed by atoms with van der Waals surface area (Å²) in [5.41, 5.74) is 0.744. The molecule has 5 heteroatoms. The minimum atomic E-state index is -0.130. The summed E-state index contributed by atoms with van der Waals surface area (Å²) in [7, 11) is 0. The molecule has 1 N–H and O–H groups in total. The van der Waals surface area contributed by atoms with E-state index in [0.29, 0.717) is 16.9 Å². The van der Waals surface area contributed by atoms with Crippen molar-refractivity contribution in [2.75, 3.05) is 12.0 Å². The summed E-state index contributed by atoms with van der Waals surface area (Å²) in [6.07, 6.45) is 5.57. The number of hydrogen-bond acceptors (Lipinski definition) is 3. The average molecular weight is 329 g/mol. The van der Waals surface area contributed by atoms with Crippen LogP contribution in [0.25, 0.3) is 0 Å². The summed E-state index contributed by atoms with van der Waals surface area (Å²) in [5, 5.41) is 3.72. The number of nitrogens with one attached hydrogen (secondary N) is 1. The molecule has 0 radical (unpaired) electrons. The van der Waals surface area contributed by atoms with Crippen LogP contribution in [0, 0.1) is 35.5 Å². The third-order valence-corrected chi connectivity index (χ3v) is 6.39. The molecule has 118 valence electrons. The fourth-order valence-corrected chi connectivity index (χ4v) is 5.15. The van der Waals surface area contributed by atoms with Gasteiger partial charge in [-0.2, -0.15) is 0 Å². The Hall–Kier alpha value is -1.81. The van der Waals surface area contributed by atoms with E-state index in [1.54, 1.807) is 6.07 Å². The largest absolute Gasteiger partial charge is 0.366 e. The zero-order valence-corrected chi connectivity index (χ0v) is 13.2. The minimum absolute atomic E-state index is 0.00995. The summed E-state index contributed by atoms with van der Waals surface area (Å²) in [5.74, 6) is 1.55. The van der Waals surface area contributed by atoms with Gasteiger partial charge in [0.15, 0.2) is 0 Å². The highest BCUT2D eigenvalue weighted by Gasteiger charge is 2.66. The molecule has 23 heavy (non-hydrogen) atoms. The lowest BCUT2D eigenvalue weighted by Crippen LogP contribution is -2.40. The topological polar surface area (TPSA) is 49.4 Å². The predicted molar refractivity (Wildman–Crippen MR) is 86.5 cm³/mol. The summed E-state index contributed by atoms with van der Waals surface area (Å²) >= 11 is 6.12. The molecule has 2 bridgehead atoms. The molecule has 0 spiro atoms. The van der Waals surface area contributed by atoms with Crippen molar-refractivity contribution in [1.82, 2.24) is 4.90 Å². The number of imide groups is 1. The number of benzene rings is 1. The first-order valence-electron chi connectivity index (χ1n) is 8.19. The summed E-state index contributed by atoms with van der Waals surface area (Å²) in [6.45, 7) is 0.198. The number of likely N-dealkylation sites (tertiary alicyclic amines) is 1. The van der Waals surface area contributed by atoms with Crippen molar-refractivity contribution in [1.29, 1.82) is 0 Å². The van der Waals surface area contributed by atoms with Gasteiger partial charge in [0.2, 0.25) is 11.8 Å². The van der Waals surface area contributed by atoms with Gasteiger partial charge in [-0.3, -0.25) is 14.5 Å². The van der Waals surface area contributed by atoms with Crippen molar-refractivity contribution in [2.45, 2.75) is 6.42 Å². The zero-order chi connectivity index (χ0) is 15.7. The SMILES string of the molecule is O=C1[C@H]2[C@@H]3C=C[C@H]([C@H]4C[C@H]34)[C@@H]2C(=O)N1CNc1ccccc1Cl. The smallest absolute Gasteiger partial charge is 0.235 e. The molecular formula is C18H17ClN2O2. The number of para-hydroxylation sites is 1. The molecule has 1 aromatic rings. The molecule has 2 amide bonds. The van der Waals surface area contributed by atoms with Crippen LogP contribution in [0.5, 0.6) is 0 Å². The summed E-state index contributed by atoms with van der Waals surface area (Å²) in [6, 6.07) is 7.36. The predicted octanol–water partition coefficient (Wildman–Crippen LogP) is 2.76. The van der Waals surface area contributed by atoms with E-state index < -0.39 is 0 Å². The quantitative estimate of drug-likeness (QED) is 0.685. The lowest BCUT2D eigenvalue weighted by molar-refractivity contribution is -0.139. The first-order chi connectivity index (χ1) is 11.2. The first-order valence-corrected chi connectivity index (χ1v) is 8.56. The van der Waals surface area contributed by atoms with Gasteiger partial charge >= 0.3 is 0 Å². The Labute approximate surface area is 139 Å². The van der Waals surface area contributed by atoms with Gasteiger partial charge in [-0.15, -0.1) is 0 Å². The maximum atomic E-state index is 12.8. The molecule has 1 saturated heterocycles. The standard InChI is InChI=1S/C18H17ClN2O2/c19-13-3-1-2-4-14(13)20-8-21-17(22)15-9-5-6-10(12-7-11(9)12)16(15)18(21)23/h1-6,9-12,15-16,20H,7-8H2/t9-,10-,11-,12-,15+,16+/m1/s1. The molecule has 1 heterocycles. The third-order valence-electron chi connectivity index (χ3n) is 6.06. The van der Waals surface area contributed by atoms with Crippen molar-refractivity contribution in [3.63, 3.8) is 0 Å². The fraction of sp³-hybridized carbons (Fsp3) is 0.444. The number of amides is 2. The normalized spacial score (nSPS) is 39.4. The zero-order valence-electron chi connectivity index (χ0n) is 12.5. The van der Waals surface area contributed by atoms with Gasteiger partial charge in [-0.1, -0.05) is 35.9 Å². The highest BCUT2D eigenvalue weighted by molar-refractivity contribution is 6.33. The number of hydrogen-bond donors (Lipinski definition) is 1. The number of allylic oxidation sites excluding steroid dienone is 2. The Morgan fingerprint density at radius 2 is 1.65 bits per heavy atom. The van der Waals surface area contributed by atoms with E-state index >= 15 is 0 Å². The third kappa shape index (κ3) is 1.78. The summed E-state index contributed by atoms with van der Waals surface area (Å²) < 4.78 is 0. The van der Waals surface area contributed by atoms with E-state index in [-0.39, 0.29) is 42.2 Å². The number of carbonyl (C=O) groups excluding carboxylic acids is 2. The number of anilines is 1. The fourth-order valence-electron chi connectivity index (χ4n) is 4.94. The van der Waals surface area contributed by atoms with Crippen molar-refractivity contribution in [3.05, 3.63) is 41.4 Å². The molecule has 3 fully saturated rings. The highest BCUT2D eigenvalue weighted by atomic mass is 35.5. The Kier molecular flexibility index (Phi) is 2.72. The van der Waals surface area contributed by atoms with Gasteiger partial charge in [0.1, 0.15) is 0 Å². The van der Waals surface area contributed by atoms with Crippen LogP contribution in [-0.2, 0) is 9.59 Å². The van der Waals surface area contributed by atoms with Crippen molar-refractivity contribution >= 4 is 29.1 Å². The van der Waals surface area contributed by atoms with Crippen LogP contribution < -0.4 is 5.32 Å². The van der Waals surface area contributed by atoms with Crippen LogP contribution in [0.4, 0.5) is 5.69 Å². The highest BCUT2D eigenvalue weighted by Crippen LogP contribution is 2.65. The van der Waals surface area contributed by atoms with Crippen LogP contribution >= 0.6 is 11.6 Å². The lowest BCUT2D eigenvalue weighted by atomic mass is 9.63. The average Bonchev–Trinajstić information content (AvgIpc) is 3.33. The maximum absolute atomic E-state index is 12.8. The molecule has 1 aromatic carbocycles. The van der Waals surface area contributed by atoms with Gasteiger partial charge in [-0.05, 0) is 42.2 Å². The Bertz CT molecular complexity index is 710. The van der Waals surface area contributed by atoms with Crippen molar-refractivity contribution in [2.24, 2.45) is 35.5 Å². The Balaban J connectivity index is 1.38. The van der Waals surface area contributed by atoms with Crippen LogP contribution in [0.2, 0.25) is 5.02 Å². The second-order valence-electron chi connectivity index (χ2n) is 7.07. The monoisotopic (exact) mass is 328 g/mol. The maximum Gasteiger partial charge on any atom is 0.235 e. The van der Waals surface area contributed by atoms with Crippen LogP contribution in [0.1, 0.15) is 6.42 Å². The van der Waals surface area contributed by atoms with Crippen molar-refractivity contribution in [3.8, 4) is 0 Å². The molecule has 6 rings (SSSR count). The molecule has 0 aromatic heterocycles. The number of nitrogens with zero attached hydrogens (tertiary/aromatic N) is 1. The van der Waals surface area contributed by atoms with E-state index in [4.69, 9.17) is 11.6 Å². The number of rotatable bonds is 3. The first kappa shape index (κ1) is 13.6. The van der Waals surface area contributed by atoms with Crippen LogP contribution in [-0.4, -0.2) is 23.4 Å². The van der Waals surface area contributed by atoms with Gasteiger partial charge < -0.3 is 5.32 Å². The molecule has 5 aliphatic rings. The second kappa shape index (κ2) is 4.60. The van der Waals surface area contributed by atoms with Gasteiger partial charge in [0, 0.05) is 0 Å². The van der Waals surface area contributed by atoms with E-state index in [0.717, 1.165) is 5.69 Å². The lowest BCUT2D eigenvalue weighted by Gasteiger charge is -2.37. The molecule has 2 saturated carbocycles. The minimum Gasteiger partial charge on any atom is -0.366 e. The van der Waals surface area contributed by atoms with Crippen LogP contribution in [0.15, 0.2) is 36.4 Å². The molecule has 0 unspecified atom stereocenters. The second-order valence-corrected chi connectivity index (χ2v) is 7.48. The van der Waals surface area contributed by atoms with E-state index in [1.165, 1.54) is 11.3 Å². The van der Waals surface area contributed by atoms with Gasteiger partial charge in [0.05, 0.1) is 29.2 Å².